The van der Waals surface area contributed by atoms with E-state index < -0.39 is 0 Å². The molecule has 0 heterocycles. The van der Waals surface area contributed by atoms with Crippen LogP contribution in [0.5, 0.6) is 5.75 Å². The molecule has 0 aliphatic heterocycles. The normalized spacial score (nSPS) is 11.2. The number of phenolic OH excluding ortho intramolecular Hbond substituents is 1. The number of para-hydroxylation sites is 1. The Morgan fingerprint density at radius 3 is 2.53 bits per heavy atom. The van der Waals surface area contributed by atoms with Crippen LogP contribution < -0.4 is 5.43 Å². The molecular formula is C14H14N2O. The largest absolute Gasteiger partial charge is 0.508 e. The Morgan fingerprint density at radius 2 is 1.82 bits per heavy atom. The van der Waals surface area contributed by atoms with Gasteiger partial charge in [0.2, 0.25) is 0 Å². The van der Waals surface area contributed by atoms with Gasteiger partial charge in [-0.2, -0.15) is 5.10 Å². The molecular weight excluding hydrogens is 212 g/mol. The van der Waals surface area contributed by atoms with Crippen LogP contribution in [0.4, 0.5) is 5.69 Å². The third kappa shape index (κ3) is 3.08. The number of aromatic hydroxyl groups is 1. The zero-order valence-electron chi connectivity index (χ0n) is 9.59. The van der Waals surface area contributed by atoms with Crippen LogP contribution in [-0.2, 0) is 0 Å². The van der Waals surface area contributed by atoms with Crippen LogP contribution in [0.3, 0.4) is 0 Å². The summed E-state index contributed by atoms with van der Waals surface area (Å²) >= 11 is 0. The highest BCUT2D eigenvalue weighted by Crippen LogP contribution is 2.12. The summed E-state index contributed by atoms with van der Waals surface area (Å²) in [5.41, 5.74) is 5.63. The van der Waals surface area contributed by atoms with Crippen molar-refractivity contribution < 1.29 is 5.11 Å². The number of nitrogens with zero attached hydrogens (tertiary/aromatic N) is 1. The van der Waals surface area contributed by atoms with Crippen molar-refractivity contribution in [3.63, 3.8) is 0 Å². The second kappa shape index (κ2) is 5.16. The lowest BCUT2D eigenvalue weighted by molar-refractivity contribution is 0.475. The van der Waals surface area contributed by atoms with Crippen molar-refractivity contribution in [1.29, 1.82) is 0 Å². The lowest BCUT2D eigenvalue weighted by Gasteiger charge is -2.03. The lowest BCUT2D eigenvalue weighted by Crippen LogP contribution is -1.99. The molecule has 0 aliphatic rings. The Labute approximate surface area is 100 Å². The summed E-state index contributed by atoms with van der Waals surface area (Å²) < 4.78 is 0. The van der Waals surface area contributed by atoms with Gasteiger partial charge in [0.1, 0.15) is 5.75 Å². The lowest BCUT2D eigenvalue weighted by atomic mass is 10.1. The summed E-state index contributed by atoms with van der Waals surface area (Å²) in [6, 6.07) is 16.8. The molecule has 0 unspecified atom stereocenters. The molecule has 3 nitrogen and oxygen atoms in total. The fourth-order valence-corrected chi connectivity index (χ4v) is 1.46. The Morgan fingerprint density at radius 1 is 1.06 bits per heavy atom. The van der Waals surface area contributed by atoms with Gasteiger partial charge in [0, 0.05) is 5.56 Å². The molecule has 2 N–H and O–H groups in total. The summed E-state index contributed by atoms with van der Waals surface area (Å²) in [5.74, 6) is 0.247. The second-order valence-electron chi connectivity index (χ2n) is 3.73. The standard InChI is InChI=1S/C14H14N2O/c1-11(12-6-5-9-14(17)10-12)15-16-13-7-3-2-4-8-13/h2-10,16-17H,1H3/b15-11+. The monoisotopic (exact) mass is 226 g/mol. The van der Waals surface area contributed by atoms with Gasteiger partial charge in [-0.1, -0.05) is 30.3 Å². The van der Waals surface area contributed by atoms with Crippen LogP contribution in [0.25, 0.3) is 0 Å². The maximum Gasteiger partial charge on any atom is 0.116 e. The van der Waals surface area contributed by atoms with Crippen LogP contribution >= 0.6 is 0 Å². The number of hydrazone groups is 1. The molecule has 0 aliphatic carbocycles. The van der Waals surface area contributed by atoms with Crippen LogP contribution in [0.15, 0.2) is 59.7 Å². The molecule has 0 radical (unpaired) electrons. The van der Waals surface area contributed by atoms with E-state index in [1.807, 2.05) is 43.3 Å². The summed E-state index contributed by atoms with van der Waals surface area (Å²) in [7, 11) is 0. The maximum absolute atomic E-state index is 9.37. The average Bonchev–Trinajstić information content (AvgIpc) is 2.37. The van der Waals surface area contributed by atoms with Crippen LogP contribution in [0.2, 0.25) is 0 Å². The number of hydrogen-bond acceptors (Lipinski definition) is 3. The summed E-state index contributed by atoms with van der Waals surface area (Å²) in [4.78, 5) is 0. The van der Waals surface area contributed by atoms with Gasteiger partial charge in [-0.15, -0.1) is 0 Å². The van der Waals surface area contributed by atoms with Crippen LogP contribution in [0, 0.1) is 0 Å². The van der Waals surface area contributed by atoms with E-state index in [4.69, 9.17) is 0 Å². The third-order valence-corrected chi connectivity index (χ3v) is 2.39. The summed E-state index contributed by atoms with van der Waals surface area (Å²) in [5, 5.41) is 13.6. The van der Waals surface area contributed by atoms with E-state index in [1.165, 1.54) is 0 Å². The highest BCUT2D eigenvalue weighted by Gasteiger charge is 1.98. The molecule has 0 saturated heterocycles. The third-order valence-electron chi connectivity index (χ3n) is 2.39. The van der Waals surface area contributed by atoms with E-state index in [0.29, 0.717) is 0 Å². The Balaban J connectivity index is 2.12. The minimum atomic E-state index is 0.247. The van der Waals surface area contributed by atoms with E-state index in [9.17, 15) is 5.11 Å². The van der Waals surface area contributed by atoms with E-state index in [-0.39, 0.29) is 5.75 Å². The zero-order valence-corrected chi connectivity index (χ0v) is 9.59. The molecule has 2 aromatic rings. The molecule has 86 valence electrons. The van der Waals surface area contributed by atoms with E-state index >= 15 is 0 Å². The van der Waals surface area contributed by atoms with E-state index in [2.05, 4.69) is 10.5 Å². The van der Waals surface area contributed by atoms with Crippen molar-refractivity contribution in [2.45, 2.75) is 6.92 Å². The number of rotatable bonds is 3. The van der Waals surface area contributed by atoms with Gasteiger partial charge in [0.05, 0.1) is 11.4 Å². The minimum absolute atomic E-state index is 0.247. The Hall–Kier alpha value is -2.29. The van der Waals surface area contributed by atoms with Crippen molar-refractivity contribution in [3.8, 4) is 5.75 Å². The quantitative estimate of drug-likeness (QED) is 0.623. The first-order chi connectivity index (χ1) is 8.25. The van der Waals surface area contributed by atoms with Gasteiger partial charge in [-0.3, -0.25) is 5.43 Å². The van der Waals surface area contributed by atoms with E-state index in [0.717, 1.165) is 17.0 Å². The first-order valence-corrected chi connectivity index (χ1v) is 5.40. The molecule has 0 saturated carbocycles. The summed E-state index contributed by atoms with van der Waals surface area (Å²) in [6.07, 6.45) is 0. The van der Waals surface area contributed by atoms with Crippen molar-refractivity contribution in [3.05, 3.63) is 60.2 Å². The summed E-state index contributed by atoms with van der Waals surface area (Å²) in [6.45, 7) is 1.89. The number of anilines is 1. The Bertz CT molecular complexity index is 521. The van der Waals surface area contributed by atoms with Crippen molar-refractivity contribution >= 4 is 11.4 Å². The topological polar surface area (TPSA) is 44.6 Å². The smallest absolute Gasteiger partial charge is 0.116 e. The minimum Gasteiger partial charge on any atom is -0.508 e. The molecule has 0 aromatic heterocycles. The van der Waals surface area contributed by atoms with Gasteiger partial charge in [0.15, 0.2) is 0 Å². The Kier molecular flexibility index (Phi) is 3.40. The van der Waals surface area contributed by atoms with Gasteiger partial charge in [0.25, 0.3) is 0 Å². The zero-order chi connectivity index (χ0) is 12.1. The SMILES string of the molecule is C/C(=N\Nc1ccccc1)c1cccc(O)c1. The predicted molar refractivity (Wildman–Crippen MR) is 70.4 cm³/mol. The van der Waals surface area contributed by atoms with Crippen LogP contribution in [0.1, 0.15) is 12.5 Å². The molecule has 0 amide bonds. The molecule has 2 rings (SSSR count). The van der Waals surface area contributed by atoms with Crippen molar-refractivity contribution in [1.82, 2.24) is 0 Å². The van der Waals surface area contributed by atoms with Crippen molar-refractivity contribution in [2.75, 3.05) is 5.43 Å². The molecule has 17 heavy (non-hydrogen) atoms. The fourth-order valence-electron chi connectivity index (χ4n) is 1.46. The van der Waals surface area contributed by atoms with Gasteiger partial charge in [-0.25, -0.2) is 0 Å². The number of benzene rings is 2. The van der Waals surface area contributed by atoms with E-state index in [1.54, 1.807) is 18.2 Å². The first-order valence-electron chi connectivity index (χ1n) is 5.40. The molecule has 0 atom stereocenters. The number of nitrogens with one attached hydrogen (secondary N) is 1. The fraction of sp³-hybridized carbons (Fsp3) is 0.0714. The second-order valence-corrected chi connectivity index (χ2v) is 3.73. The van der Waals surface area contributed by atoms with Crippen molar-refractivity contribution in [2.24, 2.45) is 5.10 Å². The van der Waals surface area contributed by atoms with Gasteiger partial charge in [-0.05, 0) is 31.2 Å². The van der Waals surface area contributed by atoms with Crippen LogP contribution in [-0.4, -0.2) is 10.8 Å². The van der Waals surface area contributed by atoms with Gasteiger partial charge >= 0.3 is 0 Å². The molecule has 2 aromatic carbocycles. The maximum atomic E-state index is 9.37. The molecule has 0 bridgehead atoms. The number of phenols is 1. The molecule has 0 spiro atoms. The first kappa shape index (κ1) is 11.2. The highest BCUT2D eigenvalue weighted by molar-refractivity contribution is 5.99. The van der Waals surface area contributed by atoms with Gasteiger partial charge < -0.3 is 5.11 Å². The molecule has 3 heteroatoms. The molecule has 0 fully saturated rings. The highest BCUT2D eigenvalue weighted by atomic mass is 16.3. The number of hydrogen-bond donors (Lipinski definition) is 2. The average molecular weight is 226 g/mol. The predicted octanol–water partition coefficient (Wildman–Crippen LogP) is 3.23.